The number of ether oxygens (including phenoxy) is 2. The van der Waals surface area contributed by atoms with Crippen LogP contribution in [0.4, 0.5) is 0 Å². The largest absolute Gasteiger partial charge is 0.497 e. The minimum atomic E-state index is -1.12. The van der Waals surface area contributed by atoms with Crippen molar-refractivity contribution in [1.82, 2.24) is 4.98 Å². The molecule has 20 heavy (non-hydrogen) atoms. The summed E-state index contributed by atoms with van der Waals surface area (Å²) in [5.41, 5.74) is 0.388. The van der Waals surface area contributed by atoms with Crippen LogP contribution in [0.1, 0.15) is 5.56 Å². The Labute approximate surface area is 114 Å². The Bertz CT molecular complexity index is 745. The van der Waals surface area contributed by atoms with Crippen molar-refractivity contribution >= 4 is 22.9 Å². The number of hydrogen-bond donors (Lipinski definition) is 2. The number of H-pyrrole nitrogens is 1. The molecule has 0 saturated carbocycles. The number of aromatic nitrogens is 1. The molecule has 0 spiro atoms. The standard InChI is InChI=1S/C14H13NO5/c1-19-10-6-9-5-8(3-4-12(16)17)14(18)15-13(9)11(7-10)20-2/h3-7H,1-2H3,(H,15,18)(H,16,17)/b4-3+. The van der Waals surface area contributed by atoms with Crippen LogP contribution in [0, 0.1) is 0 Å². The summed E-state index contributed by atoms with van der Waals surface area (Å²) >= 11 is 0. The summed E-state index contributed by atoms with van der Waals surface area (Å²) in [4.78, 5) is 25.1. The fraction of sp³-hybridized carbons (Fsp3) is 0.143. The predicted octanol–water partition coefficient (Wildman–Crippen LogP) is 1.64. The monoisotopic (exact) mass is 275 g/mol. The van der Waals surface area contributed by atoms with Crippen molar-refractivity contribution < 1.29 is 19.4 Å². The summed E-state index contributed by atoms with van der Waals surface area (Å²) in [6.45, 7) is 0. The molecule has 2 rings (SSSR count). The maximum Gasteiger partial charge on any atom is 0.328 e. The molecule has 0 amide bonds. The van der Waals surface area contributed by atoms with Crippen molar-refractivity contribution in [1.29, 1.82) is 0 Å². The van der Waals surface area contributed by atoms with Gasteiger partial charge in [0.2, 0.25) is 0 Å². The molecule has 1 aromatic carbocycles. The fourth-order valence-corrected chi connectivity index (χ4v) is 1.84. The van der Waals surface area contributed by atoms with Gasteiger partial charge in [-0.25, -0.2) is 4.79 Å². The lowest BCUT2D eigenvalue weighted by Crippen LogP contribution is -2.09. The Morgan fingerprint density at radius 1 is 1.25 bits per heavy atom. The van der Waals surface area contributed by atoms with E-state index in [4.69, 9.17) is 14.6 Å². The van der Waals surface area contributed by atoms with Gasteiger partial charge in [0.25, 0.3) is 5.56 Å². The van der Waals surface area contributed by atoms with Crippen LogP contribution in [-0.4, -0.2) is 30.3 Å². The number of aliphatic carboxylic acids is 1. The topological polar surface area (TPSA) is 88.6 Å². The molecule has 6 nitrogen and oxygen atoms in total. The molecule has 0 saturated heterocycles. The minimum Gasteiger partial charge on any atom is -0.497 e. The van der Waals surface area contributed by atoms with Crippen molar-refractivity contribution in [2.24, 2.45) is 0 Å². The molecule has 1 aromatic heterocycles. The van der Waals surface area contributed by atoms with Gasteiger partial charge in [0.15, 0.2) is 0 Å². The first-order chi connectivity index (χ1) is 9.55. The van der Waals surface area contributed by atoms with E-state index in [0.717, 1.165) is 6.08 Å². The fourth-order valence-electron chi connectivity index (χ4n) is 1.84. The van der Waals surface area contributed by atoms with E-state index in [1.807, 2.05) is 0 Å². The number of aromatic amines is 1. The number of carbonyl (C=O) groups is 1. The second kappa shape index (κ2) is 5.48. The van der Waals surface area contributed by atoms with Gasteiger partial charge in [0.1, 0.15) is 11.5 Å². The van der Waals surface area contributed by atoms with Crippen molar-refractivity contribution in [3.8, 4) is 11.5 Å². The summed E-state index contributed by atoms with van der Waals surface area (Å²) in [5, 5.41) is 9.29. The molecular weight excluding hydrogens is 262 g/mol. The molecule has 104 valence electrons. The lowest BCUT2D eigenvalue weighted by Gasteiger charge is -2.08. The number of nitrogens with one attached hydrogen (secondary N) is 1. The molecule has 6 heteroatoms. The molecule has 2 N–H and O–H groups in total. The SMILES string of the molecule is COc1cc(OC)c2[nH]c(=O)c(/C=C/C(=O)O)cc2c1. The van der Waals surface area contributed by atoms with Crippen LogP contribution in [-0.2, 0) is 4.79 Å². The number of fused-ring (bicyclic) bond motifs is 1. The Balaban J connectivity index is 2.68. The highest BCUT2D eigenvalue weighted by molar-refractivity contribution is 5.89. The first-order valence-electron chi connectivity index (χ1n) is 5.75. The van der Waals surface area contributed by atoms with Crippen LogP contribution in [0.3, 0.4) is 0 Å². The highest BCUT2D eigenvalue weighted by Gasteiger charge is 2.08. The number of carboxylic acid groups (broad SMARTS) is 1. The van der Waals surface area contributed by atoms with Crippen LogP contribution in [0.25, 0.3) is 17.0 Å². The zero-order valence-corrected chi connectivity index (χ0v) is 11.0. The zero-order chi connectivity index (χ0) is 14.7. The summed E-state index contributed by atoms with van der Waals surface area (Å²) in [7, 11) is 3.02. The van der Waals surface area contributed by atoms with Crippen LogP contribution in [0.2, 0.25) is 0 Å². The summed E-state index contributed by atoms with van der Waals surface area (Å²) in [6.07, 6.45) is 2.15. The van der Waals surface area contributed by atoms with Gasteiger partial charge in [0.05, 0.1) is 19.7 Å². The molecule has 0 aliphatic heterocycles. The average molecular weight is 275 g/mol. The average Bonchev–Trinajstić information content (AvgIpc) is 2.43. The second-order valence-corrected chi connectivity index (χ2v) is 4.02. The third kappa shape index (κ3) is 2.64. The zero-order valence-electron chi connectivity index (χ0n) is 11.0. The smallest absolute Gasteiger partial charge is 0.328 e. The molecule has 0 bridgehead atoms. The Morgan fingerprint density at radius 3 is 2.60 bits per heavy atom. The summed E-state index contributed by atoms with van der Waals surface area (Å²) in [6, 6.07) is 4.97. The van der Waals surface area contributed by atoms with Gasteiger partial charge in [-0.15, -0.1) is 0 Å². The number of hydrogen-bond acceptors (Lipinski definition) is 4. The molecule has 0 aliphatic rings. The number of rotatable bonds is 4. The highest BCUT2D eigenvalue weighted by Crippen LogP contribution is 2.29. The highest BCUT2D eigenvalue weighted by atomic mass is 16.5. The molecule has 0 unspecified atom stereocenters. The lowest BCUT2D eigenvalue weighted by molar-refractivity contribution is -0.131. The van der Waals surface area contributed by atoms with Gasteiger partial charge in [-0.1, -0.05) is 0 Å². The third-order valence-corrected chi connectivity index (χ3v) is 2.78. The maximum absolute atomic E-state index is 11.9. The first-order valence-corrected chi connectivity index (χ1v) is 5.75. The van der Waals surface area contributed by atoms with E-state index in [2.05, 4.69) is 4.98 Å². The second-order valence-electron chi connectivity index (χ2n) is 4.02. The van der Waals surface area contributed by atoms with Gasteiger partial charge in [-0.2, -0.15) is 0 Å². The van der Waals surface area contributed by atoms with Crippen LogP contribution in [0.15, 0.2) is 29.1 Å². The number of pyridine rings is 1. The third-order valence-electron chi connectivity index (χ3n) is 2.78. The van der Waals surface area contributed by atoms with Gasteiger partial charge in [-0.3, -0.25) is 4.79 Å². The molecular formula is C14H13NO5. The van der Waals surface area contributed by atoms with Crippen LogP contribution < -0.4 is 15.0 Å². The molecule has 1 heterocycles. The normalized spacial score (nSPS) is 10.9. The molecule has 2 aromatic rings. The predicted molar refractivity (Wildman–Crippen MR) is 74.3 cm³/mol. The molecule has 0 atom stereocenters. The van der Waals surface area contributed by atoms with Crippen LogP contribution >= 0.6 is 0 Å². The van der Waals surface area contributed by atoms with Gasteiger partial charge in [-0.05, 0) is 18.2 Å². The molecule has 0 fully saturated rings. The quantitative estimate of drug-likeness (QED) is 0.828. The summed E-state index contributed by atoms with van der Waals surface area (Å²) < 4.78 is 10.3. The van der Waals surface area contributed by atoms with Crippen molar-refractivity contribution in [3.63, 3.8) is 0 Å². The first kappa shape index (κ1) is 13.7. The number of benzene rings is 1. The maximum atomic E-state index is 11.9. The van der Waals surface area contributed by atoms with Crippen molar-refractivity contribution in [2.75, 3.05) is 14.2 Å². The van der Waals surface area contributed by atoms with E-state index in [1.54, 1.807) is 18.2 Å². The Morgan fingerprint density at radius 2 is 2.00 bits per heavy atom. The molecule has 0 aliphatic carbocycles. The summed E-state index contributed by atoms with van der Waals surface area (Å²) in [5.74, 6) is -0.0625. The Kier molecular flexibility index (Phi) is 3.74. The molecule has 0 radical (unpaired) electrons. The lowest BCUT2D eigenvalue weighted by atomic mass is 10.1. The van der Waals surface area contributed by atoms with E-state index >= 15 is 0 Å². The van der Waals surface area contributed by atoms with Gasteiger partial charge >= 0.3 is 5.97 Å². The number of carboxylic acids is 1. The van der Waals surface area contributed by atoms with Crippen molar-refractivity contribution in [2.45, 2.75) is 0 Å². The Hall–Kier alpha value is -2.76. The van der Waals surface area contributed by atoms with Gasteiger partial charge in [0, 0.05) is 23.1 Å². The van der Waals surface area contributed by atoms with E-state index in [9.17, 15) is 9.59 Å². The minimum absolute atomic E-state index is 0.246. The van der Waals surface area contributed by atoms with E-state index in [-0.39, 0.29) is 5.56 Å². The van der Waals surface area contributed by atoms with E-state index in [0.29, 0.717) is 22.4 Å². The van der Waals surface area contributed by atoms with Crippen LogP contribution in [0.5, 0.6) is 11.5 Å². The van der Waals surface area contributed by atoms with Crippen molar-refractivity contribution in [3.05, 3.63) is 40.2 Å². The number of methoxy groups -OCH3 is 2. The van der Waals surface area contributed by atoms with E-state index < -0.39 is 11.5 Å². The van der Waals surface area contributed by atoms with Gasteiger partial charge < -0.3 is 19.6 Å². The van der Waals surface area contributed by atoms with E-state index in [1.165, 1.54) is 20.3 Å².